The van der Waals surface area contributed by atoms with Crippen LogP contribution in [0.15, 0.2) is 12.1 Å². The van der Waals surface area contributed by atoms with Crippen molar-refractivity contribution in [3.63, 3.8) is 0 Å². The minimum Gasteiger partial charge on any atom is -0.493 e. The van der Waals surface area contributed by atoms with Crippen LogP contribution >= 0.6 is 0 Å². The van der Waals surface area contributed by atoms with E-state index < -0.39 is 4.92 Å². The molecule has 0 radical (unpaired) electrons. The SMILES string of the molecule is CCNCc1cc(OCC)c(OC)cc1[N+](=O)[O-]. The Bertz CT molecular complexity index is 421. The molecular weight excluding hydrogens is 236 g/mol. The average Bonchev–Trinajstić information content (AvgIpc) is 2.36. The summed E-state index contributed by atoms with van der Waals surface area (Å²) in [5.74, 6) is 0.905. The monoisotopic (exact) mass is 254 g/mol. The van der Waals surface area contributed by atoms with Gasteiger partial charge in [-0.3, -0.25) is 10.1 Å². The molecule has 1 aromatic carbocycles. The number of methoxy groups -OCH3 is 1. The first kappa shape index (κ1) is 14.2. The maximum Gasteiger partial charge on any atom is 0.277 e. The Morgan fingerprint density at radius 3 is 2.56 bits per heavy atom. The summed E-state index contributed by atoms with van der Waals surface area (Å²) in [4.78, 5) is 10.6. The summed E-state index contributed by atoms with van der Waals surface area (Å²) in [6, 6.07) is 3.06. The van der Waals surface area contributed by atoms with Crippen molar-refractivity contribution >= 4 is 5.69 Å². The number of nitrogens with one attached hydrogen (secondary N) is 1. The molecule has 1 aromatic rings. The molecule has 0 saturated heterocycles. The summed E-state index contributed by atoms with van der Waals surface area (Å²) in [6.07, 6.45) is 0. The third-order valence-electron chi connectivity index (χ3n) is 2.43. The van der Waals surface area contributed by atoms with Crippen LogP contribution in [0.25, 0.3) is 0 Å². The summed E-state index contributed by atoms with van der Waals surface area (Å²) >= 11 is 0. The molecule has 0 saturated carbocycles. The number of hydrogen-bond acceptors (Lipinski definition) is 5. The minimum absolute atomic E-state index is 0.0382. The van der Waals surface area contributed by atoms with Crippen molar-refractivity contribution in [3.8, 4) is 11.5 Å². The van der Waals surface area contributed by atoms with Crippen LogP contribution in [-0.4, -0.2) is 25.2 Å². The van der Waals surface area contributed by atoms with Crippen LogP contribution in [0.3, 0.4) is 0 Å². The molecule has 0 aliphatic carbocycles. The highest BCUT2D eigenvalue weighted by atomic mass is 16.6. The van der Waals surface area contributed by atoms with E-state index in [2.05, 4.69) is 5.32 Å². The molecule has 0 fully saturated rings. The number of benzene rings is 1. The van der Waals surface area contributed by atoms with Gasteiger partial charge < -0.3 is 14.8 Å². The fourth-order valence-corrected chi connectivity index (χ4v) is 1.59. The first-order chi connectivity index (χ1) is 8.63. The third kappa shape index (κ3) is 3.33. The Labute approximate surface area is 106 Å². The van der Waals surface area contributed by atoms with Crippen LogP contribution in [0.4, 0.5) is 5.69 Å². The van der Waals surface area contributed by atoms with Gasteiger partial charge in [-0.2, -0.15) is 0 Å². The van der Waals surface area contributed by atoms with E-state index in [4.69, 9.17) is 9.47 Å². The molecule has 6 heteroatoms. The number of hydrogen-bond donors (Lipinski definition) is 1. The molecule has 0 bridgehead atoms. The predicted molar refractivity (Wildman–Crippen MR) is 68.2 cm³/mol. The highest BCUT2D eigenvalue weighted by Crippen LogP contribution is 2.34. The lowest BCUT2D eigenvalue weighted by molar-refractivity contribution is -0.385. The Balaban J connectivity index is 3.18. The Morgan fingerprint density at radius 2 is 2.06 bits per heavy atom. The van der Waals surface area contributed by atoms with E-state index in [1.165, 1.54) is 13.2 Å². The lowest BCUT2D eigenvalue weighted by atomic mass is 10.1. The Hall–Kier alpha value is -1.82. The zero-order valence-corrected chi connectivity index (χ0v) is 10.9. The van der Waals surface area contributed by atoms with Gasteiger partial charge in [0.15, 0.2) is 11.5 Å². The molecule has 0 heterocycles. The van der Waals surface area contributed by atoms with Gasteiger partial charge in [-0.1, -0.05) is 6.92 Å². The highest BCUT2D eigenvalue weighted by Gasteiger charge is 2.19. The van der Waals surface area contributed by atoms with E-state index in [-0.39, 0.29) is 5.69 Å². The predicted octanol–water partition coefficient (Wildman–Crippen LogP) is 2.11. The van der Waals surface area contributed by atoms with Crippen molar-refractivity contribution in [2.45, 2.75) is 20.4 Å². The van der Waals surface area contributed by atoms with Crippen LogP contribution in [0.2, 0.25) is 0 Å². The summed E-state index contributed by atoms with van der Waals surface area (Å²) in [5.41, 5.74) is 0.627. The van der Waals surface area contributed by atoms with E-state index >= 15 is 0 Å². The van der Waals surface area contributed by atoms with Gasteiger partial charge in [-0.15, -0.1) is 0 Å². The second kappa shape index (κ2) is 6.80. The molecule has 0 amide bonds. The maximum atomic E-state index is 11.0. The highest BCUT2D eigenvalue weighted by molar-refractivity contribution is 5.54. The number of nitrogens with zero attached hydrogens (tertiary/aromatic N) is 1. The van der Waals surface area contributed by atoms with Crippen molar-refractivity contribution in [3.05, 3.63) is 27.8 Å². The lowest BCUT2D eigenvalue weighted by Crippen LogP contribution is -2.13. The van der Waals surface area contributed by atoms with E-state index in [1.807, 2.05) is 13.8 Å². The Morgan fingerprint density at radius 1 is 1.33 bits per heavy atom. The standard InChI is InChI=1S/C12H18N2O4/c1-4-13-8-9-6-12(18-5-2)11(17-3)7-10(9)14(15)16/h6-7,13H,4-5,8H2,1-3H3. The molecular formula is C12H18N2O4. The maximum absolute atomic E-state index is 11.0. The summed E-state index contributed by atoms with van der Waals surface area (Å²) in [7, 11) is 1.46. The van der Waals surface area contributed by atoms with Gasteiger partial charge in [0.1, 0.15) is 0 Å². The van der Waals surface area contributed by atoms with E-state index in [9.17, 15) is 10.1 Å². The number of ether oxygens (including phenoxy) is 2. The molecule has 18 heavy (non-hydrogen) atoms. The van der Waals surface area contributed by atoms with E-state index in [0.29, 0.717) is 30.2 Å². The summed E-state index contributed by atoms with van der Waals surface area (Å²) in [6.45, 7) is 5.45. The topological polar surface area (TPSA) is 73.6 Å². The molecule has 0 aliphatic heterocycles. The van der Waals surface area contributed by atoms with Crippen molar-refractivity contribution in [1.82, 2.24) is 5.32 Å². The molecule has 1 N–H and O–H groups in total. The van der Waals surface area contributed by atoms with Gasteiger partial charge in [0, 0.05) is 12.1 Å². The fraction of sp³-hybridized carbons (Fsp3) is 0.500. The second-order valence-corrected chi connectivity index (χ2v) is 3.60. The normalized spacial score (nSPS) is 10.2. The number of rotatable bonds is 7. The van der Waals surface area contributed by atoms with Crippen LogP contribution in [0.5, 0.6) is 11.5 Å². The van der Waals surface area contributed by atoms with Crippen molar-refractivity contribution in [1.29, 1.82) is 0 Å². The minimum atomic E-state index is -0.412. The molecule has 0 aromatic heterocycles. The van der Waals surface area contributed by atoms with Crippen LogP contribution in [-0.2, 0) is 6.54 Å². The fourth-order valence-electron chi connectivity index (χ4n) is 1.59. The molecule has 0 spiro atoms. The Kier molecular flexibility index (Phi) is 5.38. The zero-order chi connectivity index (χ0) is 13.5. The zero-order valence-electron chi connectivity index (χ0n) is 10.9. The van der Waals surface area contributed by atoms with Crippen molar-refractivity contribution in [2.24, 2.45) is 0 Å². The van der Waals surface area contributed by atoms with E-state index in [1.54, 1.807) is 6.07 Å². The van der Waals surface area contributed by atoms with Gasteiger partial charge >= 0.3 is 0 Å². The van der Waals surface area contributed by atoms with Crippen LogP contribution in [0.1, 0.15) is 19.4 Å². The van der Waals surface area contributed by atoms with Crippen molar-refractivity contribution < 1.29 is 14.4 Å². The van der Waals surface area contributed by atoms with Gasteiger partial charge in [0.2, 0.25) is 0 Å². The van der Waals surface area contributed by atoms with E-state index in [0.717, 1.165) is 6.54 Å². The first-order valence-corrected chi connectivity index (χ1v) is 5.82. The quantitative estimate of drug-likeness (QED) is 0.596. The molecule has 1 rings (SSSR count). The molecule has 0 aliphatic rings. The smallest absolute Gasteiger partial charge is 0.277 e. The average molecular weight is 254 g/mol. The first-order valence-electron chi connectivity index (χ1n) is 5.82. The van der Waals surface area contributed by atoms with Gasteiger partial charge in [0.05, 0.1) is 24.7 Å². The number of nitro groups is 1. The number of nitro benzene ring substituents is 1. The van der Waals surface area contributed by atoms with Crippen molar-refractivity contribution in [2.75, 3.05) is 20.3 Å². The van der Waals surface area contributed by atoms with Crippen LogP contribution in [0, 0.1) is 10.1 Å². The summed E-state index contributed by atoms with van der Waals surface area (Å²) < 4.78 is 10.5. The van der Waals surface area contributed by atoms with Gasteiger partial charge in [-0.25, -0.2) is 0 Å². The lowest BCUT2D eigenvalue weighted by Gasteiger charge is -2.12. The van der Waals surface area contributed by atoms with Crippen LogP contribution < -0.4 is 14.8 Å². The molecule has 0 atom stereocenters. The molecule has 6 nitrogen and oxygen atoms in total. The molecule has 0 unspecified atom stereocenters. The second-order valence-electron chi connectivity index (χ2n) is 3.60. The summed E-state index contributed by atoms with van der Waals surface area (Å²) in [5, 5.41) is 14.1. The van der Waals surface area contributed by atoms with Gasteiger partial charge in [-0.05, 0) is 19.5 Å². The van der Waals surface area contributed by atoms with Gasteiger partial charge in [0.25, 0.3) is 5.69 Å². The molecule has 100 valence electrons. The largest absolute Gasteiger partial charge is 0.493 e. The third-order valence-corrected chi connectivity index (χ3v) is 2.43.